The summed E-state index contributed by atoms with van der Waals surface area (Å²) in [4.78, 5) is 12.3. The SMILES string of the molecule is Cc1noc(C(C)C)c1C(=O)NCCOc1ccc2c(c1)OCO2. The summed E-state index contributed by atoms with van der Waals surface area (Å²) in [6.07, 6.45) is 0. The van der Waals surface area contributed by atoms with E-state index < -0.39 is 0 Å². The number of nitrogens with one attached hydrogen (secondary N) is 1. The molecule has 2 heterocycles. The number of rotatable bonds is 6. The molecule has 1 N–H and O–H groups in total. The zero-order valence-electron chi connectivity index (χ0n) is 13.9. The fraction of sp³-hybridized carbons (Fsp3) is 0.412. The van der Waals surface area contributed by atoms with E-state index in [0.717, 1.165) is 0 Å². The van der Waals surface area contributed by atoms with E-state index in [4.69, 9.17) is 18.7 Å². The molecule has 0 bridgehead atoms. The van der Waals surface area contributed by atoms with Crippen LogP contribution in [0.1, 0.15) is 41.6 Å². The molecule has 1 amide bonds. The number of hydrogen-bond acceptors (Lipinski definition) is 6. The number of ether oxygens (including phenoxy) is 3. The monoisotopic (exact) mass is 332 g/mol. The summed E-state index contributed by atoms with van der Waals surface area (Å²) < 4.78 is 21.4. The number of carbonyl (C=O) groups is 1. The molecular weight excluding hydrogens is 312 g/mol. The number of nitrogens with zero attached hydrogens (tertiary/aromatic N) is 1. The van der Waals surface area contributed by atoms with Crippen molar-refractivity contribution < 1.29 is 23.5 Å². The molecule has 1 aromatic heterocycles. The lowest BCUT2D eigenvalue weighted by Crippen LogP contribution is -2.29. The average Bonchev–Trinajstić information content (AvgIpc) is 3.17. The van der Waals surface area contributed by atoms with Gasteiger partial charge in [0.05, 0.1) is 12.2 Å². The molecule has 3 rings (SSSR count). The van der Waals surface area contributed by atoms with E-state index in [1.807, 2.05) is 13.8 Å². The molecule has 0 spiro atoms. The number of fused-ring (bicyclic) bond motifs is 1. The molecule has 1 aromatic carbocycles. The Morgan fingerprint density at radius 2 is 2.12 bits per heavy atom. The Kier molecular flexibility index (Phi) is 4.59. The molecular formula is C17H20N2O5. The molecule has 0 saturated carbocycles. The van der Waals surface area contributed by atoms with Crippen molar-refractivity contribution in [2.75, 3.05) is 19.9 Å². The van der Waals surface area contributed by atoms with Crippen LogP contribution in [0.2, 0.25) is 0 Å². The van der Waals surface area contributed by atoms with Gasteiger partial charge in [0.2, 0.25) is 6.79 Å². The Morgan fingerprint density at radius 1 is 1.33 bits per heavy atom. The van der Waals surface area contributed by atoms with Crippen LogP contribution in [-0.4, -0.2) is 31.0 Å². The van der Waals surface area contributed by atoms with Crippen LogP contribution < -0.4 is 19.5 Å². The minimum Gasteiger partial charge on any atom is -0.492 e. The molecule has 2 aromatic rings. The van der Waals surface area contributed by atoms with Gasteiger partial charge in [-0.2, -0.15) is 0 Å². The highest BCUT2D eigenvalue weighted by Crippen LogP contribution is 2.35. The fourth-order valence-electron chi connectivity index (χ4n) is 2.45. The van der Waals surface area contributed by atoms with Gasteiger partial charge in [-0.05, 0) is 19.1 Å². The second-order valence-electron chi connectivity index (χ2n) is 5.78. The largest absolute Gasteiger partial charge is 0.492 e. The van der Waals surface area contributed by atoms with Crippen molar-refractivity contribution in [3.63, 3.8) is 0 Å². The number of amides is 1. The standard InChI is InChI=1S/C17H20N2O5/c1-10(2)16-15(11(3)19-24-16)17(20)18-6-7-21-12-4-5-13-14(8-12)23-9-22-13/h4-5,8,10H,6-7,9H2,1-3H3,(H,18,20). The Balaban J connectivity index is 1.52. The lowest BCUT2D eigenvalue weighted by atomic mass is 10.0. The predicted molar refractivity (Wildman–Crippen MR) is 85.7 cm³/mol. The minimum absolute atomic E-state index is 0.0943. The topological polar surface area (TPSA) is 82.8 Å². The van der Waals surface area contributed by atoms with Crippen molar-refractivity contribution in [2.45, 2.75) is 26.7 Å². The van der Waals surface area contributed by atoms with E-state index >= 15 is 0 Å². The number of aryl methyl sites for hydroxylation is 1. The van der Waals surface area contributed by atoms with Crippen molar-refractivity contribution in [2.24, 2.45) is 0 Å². The van der Waals surface area contributed by atoms with Crippen molar-refractivity contribution in [1.29, 1.82) is 0 Å². The van der Waals surface area contributed by atoms with Crippen molar-refractivity contribution in [3.8, 4) is 17.2 Å². The zero-order valence-corrected chi connectivity index (χ0v) is 13.9. The second kappa shape index (κ2) is 6.82. The van der Waals surface area contributed by atoms with Gasteiger partial charge in [-0.3, -0.25) is 4.79 Å². The summed E-state index contributed by atoms with van der Waals surface area (Å²) in [5.41, 5.74) is 1.10. The molecule has 0 fully saturated rings. The molecule has 7 heteroatoms. The highest BCUT2D eigenvalue weighted by Gasteiger charge is 2.22. The molecule has 1 aliphatic rings. The van der Waals surface area contributed by atoms with Gasteiger partial charge in [0, 0.05) is 12.0 Å². The Morgan fingerprint density at radius 3 is 2.92 bits per heavy atom. The van der Waals surface area contributed by atoms with Gasteiger partial charge in [-0.15, -0.1) is 0 Å². The molecule has 24 heavy (non-hydrogen) atoms. The molecule has 128 valence electrons. The molecule has 0 aliphatic carbocycles. The quantitative estimate of drug-likeness (QED) is 0.819. The van der Waals surface area contributed by atoms with E-state index in [1.54, 1.807) is 25.1 Å². The van der Waals surface area contributed by atoms with Gasteiger partial charge in [-0.25, -0.2) is 0 Å². The predicted octanol–water partition coefficient (Wildman–Crippen LogP) is 2.64. The Labute approximate surface area is 139 Å². The van der Waals surface area contributed by atoms with Crippen molar-refractivity contribution in [1.82, 2.24) is 10.5 Å². The van der Waals surface area contributed by atoms with E-state index in [2.05, 4.69) is 10.5 Å². The first-order valence-corrected chi connectivity index (χ1v) is 7.83. The number of hydrogen-bond donors (Lipinski definition) is 1. The summed E-state index contributed by atoms with van der Waals surface area (Å²) in [6, 6.07) is 5.37. The summed E-state index contributed by atoms with van der Waals surface area (Å²) >= 11 is 0. The van der Waals surface area contributed by atoms with Gasteiger partial charge < -0.3 is 24.1 Å². The van der Waals surface area contributed by atoms with Crippen molar-refractivity contribution >= 4 is 5.91 Å². The summed E-state index contributed by atoms with van der Waals surface area (Å²) in [5.74, 6) is 2.53. The fourth-order valence-corrected chi connectivity index (χ4v) is 2.45. The van der Waals surface area contributed by atoms with E-state index in [-0.39, 0.29) is 18.6 Å². The average molecular weight is 332 g/mol. The second-order valence-corrected chi connectivity index (χ2v) is 5.78. The summed E-state index contributed by atoms with van der Waals surface area (Å²) in [6.45, 7) is 6.61. The number of aromatic nitrogens is 1. The summed E-state index contributed by atoms with van der Waals surface area (Å²) in [5, 5.41) is 6.70. The molecule has 0 saturated heterocycles. The van der Waals surface area contributed by atoms with Crippen LogP contribution >= 0.6 is 0 Å². The van der Waals surface area contributed by atoms with Gasteiger partial charge in [0.25, 0.3) is 5.91 Å². The van der Waals surface area contributed by atoms with E-state index in [1.165, 1.54) is 0 Å². The number of carbonyl (C=O) groups excluding carboxylic acids is 1. The maximum absolute atomic E-state index is 12.3. The first-order chi connectivity index (χ1) is 11.6. The first kappa shape index (κ1) is 16.2. The van der Waals surface area contributed by atoms with E-state index in [0.29, 0.717) is 47.4 Å². The Bertz CT molecular complexity index is 739. The van der Waals surface area contributed by atoms with Gasteiger partial charge in [0.15, 0.2) is 17.3 Å². The third kappa shape index (κ3) is 3.29. The first-order valence-electron chi connectivity index (χ1n) is 7.83. The molecule has 0 atom stereocenters. The van der Waals surface area contributed by atoms with Crippen LogP contribution in [0, 0.1) is 6.92 Å². The van der Waals surface area contributed by atoms with Gasteiger partial charge in [0.1, 0.15) is 17.9 Å². The molecule has 1 aliphatic heterocycles. The number of benzene rings is 1. The minimum atomic E-state index is -0.202. The molecule has 0 radical (unpaired) electrons. The molecule has 7 nitrogen and oxygen atoms in total. The third-order valence-electron chi connectivity index (χ3n) is 3.64. The highest BCUT2D eigenvalue weighted by molar-refractivity contribution is 5.96. The maximum atomic E-state index is 12.3. The third-order valence-corrected chi connectivity index (χ3v) is 3.64. The normalized spacial score (nSPS) is 12.5. The van der Waals surface area contributed by atoms with Crippen LogP contribution in [0.4, 0.5) is 0 Å². The lowest BCUT2D eigenvalue weighted by molar-refractivity contribution is 0.0944. The molecule has 0 unspecified atom stereocenters. The lowest BCUT2D eigenvalue weighted by Gasteiger charge is -2.09. The maximum Gasteiger partial charge on any atom is 0.256 e. The van der Waals surface area contributed by atoms with E-state index in [9.17, 15) is 4.79 Å². The smallest absolute Gasteiger partial charge is 0.256 e. The zero-order chi connectivity index (χ0) is 17.1. The highest BCUT2D eigenvalue weighted by atomic mass is 16.7. The van der Waals surface area contributed by atoms with Crippen LogP contribution in [0.3, 0.4) is 0 Å². The Hall–Kier alpha value is -2.70. The summed E-state index contributed by atoms with van der Waals surface area (Å²) in [7, 11) is 0. The van der Waals surface area contributed by atoms with Crippen LogP contribution in [0.25, 0.3) is 0 Å². The van der Waals surface area contributed by atoms with Crippen LogP contribution in [-0.2, 0) is 0 Å². The van der Waals surface area contributed by atoms with Crippen LogP contribution in [0.15, 0.2) is 22.7 Å². The van der Waals surface area contributed by atoms with Crippen LogP contribution in [0.5, 0.6) is 17.2 Å². The van der Waals surface area contributed by atoms with Gasteiger partial charge in [-0.1, -0.05) is 19.0 Å². The van der Waals surface area contributed by atoms with Gasteiger partial charge >= 0.3 is 0 Å². The van der Waals surface area contributed by atoms with Crippen molar-refractivity contribution in [3.05, 3.63) is 35.2 Å².